The summed E-state index contributed by atoms with van der Waals surface area (Å²) in [6.07, 6.45) is 9.06. The minimum Gasteiger partial charge on any atom is -0.508 e. The highest BCUT2D eigenvalue weighted by molar-refractivity contribution is 5.52. The van der Waals surface area contributed by atoms with Crippen molar-refractivity contribution in [2.75, 3.05) is 0 Å². The van der Waals surface area contributed by atoms with Gasteiger partial charge in [0, 0.05) is 17.4 Å². The molecule has 1 aliphatic carbocycles. The number of aryl methyl sites for hydroxylation is 1. The molecule has 2 nitrogen and oxygen atoms in total. The molecular weight excluding hydrogens is 284 g/mol. The SMILES string of the molecule is CCCCCc1cc(O)c2c(c1)OC(C)(C)[C@H]1CC=C(C)CC21. The first-order chi connectivity index (χ1) is 10.9. The molecule has 0 spiro atoms. The Hall–Kier alpha value is -1.44. The maximum absolute atomic E-state index is 10.7. The van der Waals surface area contributed by atoms with Gasteiger partial charge >= 0.3 is 0 Å². The van der Waals surface area contributed by atoms with E-state index in [1.807, 2.05) is 6.07 Å². The van der Waals surface area contributed by atoms with Gasteiger partial charge in [-0.05, 0) is 64.2 Å². The quantitative estimate of drug-likeness (QED) is 0.567. The van der Waals surface area contributed by atoms with Crippen LogP contribution in [0.3, 0.4) is 0 Å². The zero-order valence-electron chi connectivity index (χ0n) is 15.0. The summed E-state index contributed by atoms with van der Waals surface area (Å²) in [5, 5.41) is 10.7. The van der Waals surface area contributed by atoms with Crippen molar-refractivity contribution in [3.63, 3.8) is 0 Å². The van der Waals surface area contributed by atoms with Crippen molar-refractivity contribution in [2.24, 2.45) is 5.92 Å². The lowest BCUT2D eigenvalue weighted by Gasteiger charge is -2.47. The fourth-order valence-electron chi connectivity index (χ4n) is 4.34. The molecule has 0 radical (unpaired) electrons. The number of hydrogen-bond acceptors (Lipinski definition) is 2. The summed E-state index contributed by atoms with van der Waals surface area (Å²) in [4.78, 5) is 0. The molecule has 0 aromatic heterocycles. The van der Waals surface area contributed by atoms with Crippen molar-refractivity contribution in [1.82, 2.24) is 0 Å². The lowest BCUT2D eigenvalue weighted by atomic mass is 9.67. The fourth-order valence-corrected chi connectivity index (χ4v) is 4.34. The lowest BCUT2D eigenvalue weighted by Crippen LogP contribution is -2.45. The standard InChI is InChI=1S/C21H30O2/c1-5-6-7-8-15-12-18(22)20-16-11-14(2)9-10-17(16)21(3,4)23-19(20)13-15/h9,12-13,16-17,22H,5-8,10-11H2,1-4H3/t16?,17-/m0/s1. The molecule has 0 saturated heterocycles. The molecule has 23 heavy (non-hydrogen) atoms. The number of fused-ring (bicyclic) bond motifs is 3. The number of aromatic hydroxyl groups is 1. The van der Waals surface area contributed by atoms with Crippen molar-refractivity contribution in [2.45, 2.75) is 77.7 Å². The van der Waals surface area contributed by atoms with E-state index in [1.165, 1.54) is 30.4 Å². The number of rotatable bonds is 4. The second-order valence-corrected chi connectivity index (χ2v) is 7.89. The molecular formula is C21H30O2. The number of allylic oxidation sites excluding steroid dienone is 2. The van der Waals surface area contributed by atoms with Gasteiger partial charge in [0.25, 0.3) is 0 Å². The van der Waals surface area contributed by atoms with Crippen LogP contribution in [0.15, 0.2) is 23.8 Å². The molecule has 0 bridgehead atoms. The average Bonchev–Trinajstić information content (AvgIpc) is 2.46. The van der Waals surface area contributed by atoms with E-state index in [-0.39, 0.29) is 5.60 Å². The lowest BCUT2D eigenvalue weighted by molar-refractivity contribution is 0.00753. The Kier molecular flexibility index (Phi) is 4.44. The molecule has 1 aliphatic heterocycles. The average molecular weight is 314 g/mol. The molecule has 0 saturated carbocycles. The number of benzene rings is 1. The van der Waals surface area contributed by atoms with E-state index < -0.39 is 0 Å². The zero-order chi connectivity index (χ0) is 16.6. The van der Waals surface area contributed by atoms with Gasteiger partial charge < -0.3 is 9.84 Å². The highest BCUT2D eigenvalue weighted by atomic mass is 16.5. The summed E-state index contributed by atoms with van der Waals surface area (Å²) >= 11 is 0. The number of phenols is 1. The Labute approximate surface area is 140 Å². The summed E-state index contributed by atoms with van der Waals surface area (Å²) in [6, 6.07) is 4.15. The van der Waals surface area contributed by atoms with Crippen molar-refractivity contribution < 1.29 is 9.84 Å². The van der Waals surface area contributed by atoms with Gasteiger partial charge in [-0.1, -0.05) is 31.4 Å². The van der Waals surface area contributed by atoms with Crippen LogP contribution in [0.4, 0.5) is 0 Å². The van der Waals surface area contributed by atoms with Crippen molar-refractivity contribution >= 4 is 0 Å². The van der Waals surface area contributed by atoms with Crippen molar-refractivity contribution in [3.8, 4) is 11.5 Å². The summed E-state index contributed by atoms with van der Waals surface area (Å²) < 4.78 is 6.36. The molecule has 1 heterocycles. The van der Waals surface area contributed by atoms with Gasteiger partial charge in [-0.25, -0.2) is 0 Å². The minimum atomic E-state index is -0.177. The van der Waals surface area contributed by atoms with Crippen LogP contribution in [-0.4, -0.2) is 10.7 Å². The van der Waals surface area contributed by atoms with Crippen molar-refractivity contribution in [1.29, 1.82) is 0 Å². The Balaban J connectivity index is 1.96. The molecule has 2 heteroatoms. The van der Waals surface area contributed by atoms with Crippen LogP contribution in [0.5, 0.6) is 11.5 Å². The van der Waals surface area contributed by atoms with Crippen molar-refractivity contribution in [3.05, 3.63) is 34.9 Å². The predicted molar refractivity (Wildman–Crippen MR) is 95.3 cm³/mol. The van der Waals surface area contributed by atoms with Crippen LogP contribution in [0.1, 0.15) is 76.8 Å². The third kappa shape index (κ3) is 3.13. The van der Waals surface area contributed by atoms with Crippen LogP contribution < -0.4 is 4.74 Å². The maximum Gasteiger partial charge on any atom is 0.127 e. The van der Waals surface area contributed by atoms with Crippen LogP contribution in [0.2, 0.25) is 0 Å². The fraction of sp³-hybridized carbons (Fsp3) is 0.619. The summed E-state index contributed by atoms with van der Waals surface area (Å²) in [5.41, 5.74) is 3.50. The van der Waals surface area contributed by atoms with E-state index in [1.54, 1.807) is 0 Å². The van der Waals surface area contributed by atoms with Crippen LogP contribution in [0, 0.1) is 5.92 Å². The van der Waals surface area contributed by atoms with E-state index in [0.29, 0.717) is 17.6 Å². The Bertz CT molecular complexity index is 613. The van der Waals surface area contributed by atoms with E-state index in [0.717, 1.165) is 30.6 Å². The largest absolute Gasteiger partial charge is 0.508 e. The number of hydrogen-bond donors (Lipinski definition) is 1. The van der Waals surface area contributed by atoms with Gasteiger partial charge in [-0.3, -0.25) is 0 Å². The molecule has 1 unspecified atom stereocenters. The van der Waals surface area contributed by atoms with Crippen LogP contribution in [-0.2, 0) is 6.42 Å². The summed E-state index contributed by atoms with van der Waals surface area (Å²) in [7, 11) is 0. The zero-order valence-corrected chi connectivity index (χ0v) is 15.0. The third-order valence-electron chi connectivity index (χ3n) is 5.63. The number of phenolic OH excluding ortho intramolecular Hbond substituents is 1. The first-order valence-electron chi connectivity index (χ1n) is 9.12. The highest BCUT2D eigenvalue weighted by Gasteiger charge is 2.45. The Morgan fingerprint density at radius 2 is 2.04 bits per heavy atom. The molecule has 1 N–H and O–H groups in total. The molecule has 1 aromatic carbocycles. The van der Waals surface area contributed by atoms with Gasteiger partial charge in [0.05, 0.1) is 0 Å². The number of ether oxygens (including phenoxy) is 1. The molecule has 126 valence electrons. The number of unbranched alkanes of at least 4 members (excludes halogenated alkanes) is 2. The van der Waals surface area contributed by atoms with Gasteiger partial charge in [0.2, 0.25) is 0 Å². The van der Waals surface area contributed by atoms with Crippen LogP contribution >= 0.6 is 0 Å². The topological polar surface area (TPSA) is 29.5 Å². The van der Waals surface area contributed by atoms with Gasteiger partial charge in [-0.2, -0.15) is 0 Å². The molecule has 2 atom stereocenters. The monoisotopic (exact) mass is 314 g/mol. The normalized spacial score (nSPS) is 25.1. The first kappa shape index (κ1) is 16.4. The minimum absolute atomic E-state index is 0.177. The van der Waals surface area contributed by atoms with Gasteiger partial charge in [0.15, 0.2) is 0 Å². The molecule has 3 rings (SSSR count). The Morgan fingerprint density at radius 3 is 2.78 bits per heavy atom. The van der Waals surface area contributed by atoms with E-state index >= 15 is 0 Å². The smallest absolute Gasteiger partial charge is 0.127 e. The maximum atomic E-state index is 10.7. The summed E-state index contributed by atoms with van der Waals surface area (Å²) in [5.74, 6) is 2.17. The second kappa shape index (κ2) is 6.22. The second-order valence-electron chi connectivity index (χ2n) is 7.89. The molecule has 2 aliphatic rings. The van der Waals surface area contributed by atoms with Gasteiger partial charge in [0.1, 0.15) is 17.1 Å². The van der Waals surface area contributed by atoms with E-state index in [4.69, 9.17) is 4.74 Å². The van der Waals surface area contributed by atoms with E-state index in [2.05, 4.69) is 39.8 Å². The Morgan fingerprint density at radius 1 is 1.26 bits per heavy atom. The molecule has 0 amide bonds. The van der Waals surface area contributed by atoms with Crippen LogP contribution in [0.25, 0.3) is 0 Å². The van der Waals surface area contributed by atoms with E-state index in [9.17, 15) is 5.11 Å². The summed E-state index contributed by atoms with van der Waals surface area (Å²) in [6.45, 7) is 8.81. The van der Waals surface area contributed by atoms with Gasteiger partial charge in [-0.15, -0.1) is 0 Å². The third-order valence-corrected chi connectivity index (χ3v) is 5.63. The molecule has 1 aromatic rings. The first-order valence-corrected chi connectivity index (χ1v) is 9.12. The highest BCUT2D eigenvalue weighted by Crippen LogP contribution is 2.54. The molecule has 0 fully saturated rings. The predicted octanol–water partition coefficient (Wildman–Crippen LogP) is 5.74.